The van der Waals surface area contributed by atoms with Crippen molar-refractivity contribution in [2.24, 2.45) is 0 Å². The molecule has 110 valence electrons. The number of aliphatic hydroxyl groups excluding tert-OH is 1. The van der Waals surface area contributed by atoms with Crippen LogP contribution in [0.4, 0.5) is 11.4 Å². The maximum absolute atomic E-state index is 9.57. The van der Waals surface area contributed by atoms with E-state index in [0.717, 1.165) is 16.9 Å². The molecule has 2 aromatic rings. The molecule has 0 fully saturated rings. The Hall–Kier alpha value is -1.33. The minimum atomic E-state index is -0.525. The molecule has 6 heteroatoms. The van der Waals surface area contributed by atoms with E-state index >= 15 is 0 Å². The normalized spacial score (nSPS) is 11.8. The highest BCUT2D eigenvalue weighted by atomic mass is 35.5. The van der Waals surface area contributed by atoms with Crippen LogP contribution in [0.3, 0.4) is 0 Å². The maximum Gasteiger partial charge on any atom is 0.175 e. The molecule has 0 aliphatic carbocycles. The van der Waals surface area contributed by atoms with E-state index in [-0.39, 0.29) is 0 Å². The van der Waals surface area contributed by atoms with Crippen LogP contribution in [0.2, 0.25) is 10.0 Å². The molecule has 0 aromatic heterocycles. The first-order valence-electron chi connectivity index (χ1n) is 6.27. The molecule has 3 nitrogen and oxygen atoms in total. The SMILES string of the molecule is C[C@H](O)c1cccc(NC(=S)Nc2ccc(Cl)c(Cl)c2)c1. The molecule has 0 radical (unpaired) electrons. The summed E-state index contributed by atoms with van der Waals surface area (Å²) in [7, 11) is 0. The van der Waals surface area contributed by atoms with Gasteiger partial charge in [0.25, 0.3) is 0 Å². The molecular weight excluding hydrogens is 327 g/mol. The van der Waals surface area contributed by atoms with Gasteiger partial charge >= 0.3 is 0 Å². The van der Waals surface area contributed by atoms with E-state index < -0.39 is 6.10 Å². The highest BCUT2D eigenvalue weighted by Gasteiger charge is 2.04. The van der Waals surface area contributed by atoms with Crippen LogP contribution >= 0.6 is 35.4 Å². The number of halogens is 2. The Kier molecular flexibility index (Phi) is 5.42. The van der Waals surface area contributed by atoms with E-state index in [1.165, 1.54) is 0 Å². The molecule has 0 saturated carbocycles. The van der Waals surface area contributed by atoms with E-state index in [1.54, 1.807) is 25.1 Å². The molecule has 0 bridgehead atoms. The Morgan fingerprint density at radius 3 is 2.33 bits per heavy atom. The van der Waals surface area contributed by atoms with Crippen LogP contribution < -0.4 is 10.6 Å². The highest BCUT2D eigenvalue weighted by molar-refractivity contribution is 7.80. The Balaban J connectivity index is 2.04. The summed E-state index contributed by atoms with van der Waals surface area (Å²) in [4.78, 5) is 0. The van der Waals surface area contributed by atoms with Crippen LogP contribution in [0, 0.1) is 0 Å². The summed E-state index contributed by atoms with van der Waals surface area (Å²) in [6.07, 6.45) is -0.525. The monoisotopic (exact) mass is 340 g/mol. The zero-order valence-electron chi connectivity index (χ0n) is 11.2. The fourth-order valence-electron chi connectivity index (χ4n) is 1.74. The third-order valence-electron chi connectivity index (χ3n) is 2.80. The fourth-order valence-corrected chi connectivity index (χ4v) is 2.28. The van der Waals surface area contributed by atoms with Crippen molar-refractivity contribution >= 4 is 51.9 Å². The molecule has 0 aliphatic rings. The maximum atomic E-state index is 9.57. The zero-order chi connectivity index (χ0) is 15.4. The van der Waals surface area contributed by atoms with E-state index in [1.807, 2.05) is 24.3 Å². The van der Waals surface area contributed by atoms with Crippen molar-refractivity contribution < 1.29 is 5.11 Å². The highest BCUT2D eigenvalue weighted by Crippen LogP contribution is 2.25. The van der Waals surface area contributed by atoms with Crippen LogP contribution in [0.1, 0.15) is 18.6 Å². The lowest BCUT2D eigenvalue weighted by Crippen LogP contribution is -2.19. The van der Waals surface area contributed by atoms with Crippen molar-refractivity contribution in [2.75, 3.05) is 10.6 Å². The van der Waals surface area contributed by atoms with Gasteiger partial charge in [0.1, 0.15) is 0 Å². The third-order valence-corrected chi connectivity index (χ3v) is 3.75. The summed E-state index contributed by atoms with van der Waals surface area (Å²) in [5.41, 5.74) is 2.36. The Morgan fingerprint density at radius 1 is 1.05 bits per heavy atom. The lowest BCUT2D eigenvalue weighted by molar-refractivity contribution is 0.199. The number of anilines is 2. The number of hydrogen-bond donors (Lipinski definition) is 3. The van der Waals surface area contributed by atoms with Crippen LogP contribution in [0.5, 0.6) is 0 Å². The molecule has 0 spiro atoms. The van der Waals surface area contributed by atoms with Crippen molar-refractivity contribution in [3.8, 4) is 0 Å². The van der Waals surface area contributed by atoms with Gasteiger partial charge in [-0.05, 0) is 55.0 Å². The predicted molar refractivity (Wildman–Crippen MR) is 93.4 cm³/mol. The summed E-state index contributed by atoms with van der Waals surface area (Å²) in [6.45, 7) is 1.71. The molecule has 0 heterocycles. The average molecular weight is 341 g/mol. The number of hydrogen-bond acceptors (Lipinski definition) is 2. The summed E-state index contributed by atoms with van der Waals surface area (Å²) >= 11 is 17.1. The number of benzene rings is 2. The van der Waals surface area contributed by atoms with Gasteiger partial charge in [0, 0.05) is 11.4 Å². The molecule has 1 atom stereocenters. The molecule has 0 unspecified atom stereocenters. The molecule has 0 aliphatic heterocycles. The summed E-state index contributed by atoms with van der Waals surface area (Å²) in [6, 6.07) is 12.6. The van der Waals surface area contributed by atoms with Gasteiger partial charge in [-0.15, -0.1) is 0 Å². The quantitative estimate of drug-likeness (QED) is 0.698. The Morgan fingerprint density at radius 2 is 1.71 bits per heavy atom. The topological polar surface area (TPSA) is 44.3 Å². The third kappa shape index (κ3) is 4.58. The minimum absolute atomic E-state index is 0.427. The van der Waals surface area contributed by atoms with Gasteiger partial charge in [0.05, 0.1) is 16.1 Å². The van der Waals surface area contributed by atoms with Crippen molar-refractivity contribution in [1.29, 1.82) is 0 Å². The summed E-state index contributed by atoms with van der Waals surface area (Å²) in [5, 5.41) is 17.0. The second-order valence-electron chi connectivity index (χ2n) is 4.51. The van der Waals surface area contributed by atoms with Gasteiger partial charge in [-0.1, -0.05) is 35.3 Å². The fraction of sp³-hybridized carbons (Fsp3) is 0.133. The van der Waals surface area contributed by atoms with E-state index in [4.69, 9.17) is 35.4 Å². The molecule has 0 amide bonds. The van der Waals surface area contributed by atoms with Crippen LogP contribution in [-0.2, 0) is 0 Å². The van der Waals surface area contributed by atoms with E-state index in [2.05, 4.69) is 10.6 Å². The first kappa shape index (κ1) is 16.0. The molecule has 0 saturated heterocycles. The Bertz CT molecular complexity index is 662. The Labute approximate surface area is 138 Å². The second-order valence-corrected chi connectivity index (χ2v) is 5.73. The average Bonchev–Trinajstić information content (AvgIpc) is 2.43. The number of thiocarbonyl (C=S) groups is 1. The number of rotatable bonds is 3. The van der Waals surface area contributed by atoms with Crippen molar-refractivity contribution in [2.45, 2.75) is 13.0 Å². The first-order valence-corrected chi connectivity index (χ1v) is 7.43. The van der Waals surface area contributed by atoms with Crippen LogP contribution in [-0.4, -0.2) is 10.2 Å². The van der Waals surface area contributed by atoms with Gasteiger partial charge in [-0.25, -0.2) is 0 Å². The van der Waals surface area contributed by atoms with Gasteiger partial charge in [0.15, 0.2) is 5.11 Å². The van der Waals surface area contributed by atoms with Gasteiger partial charge in [0.2, 0.25) is 0 Å². The molecule has 2 aromatic carbocycles. The first-order chi connectivity index (χ1) is 9.95. The lowest BCUT2D eigenvalue weighted by Gasteiger charge is -2.13. The largest absolute Gasteiger partial charge is 0.389 e. The summed E-state index contributed by atoms with van der Waals surface area (Å²) in [5.74, 6) is 0. The molecular formula is C15H14Cl2N2OS. The van der Waals surface area contributed by atoms with Gasteiger partial charge < -0.3 is 15.7 Å². The summed E-state index contributed by atoms with van der Waals surface area (Å²) < 4.78 is 0. The van der Waals surface area contributed by atoms with Crippen LogP contribution in [0.25, 0.3) is 0 Å². The lowest BCUT2D eigenvalue weighted by atomic mass is 10.1. The number of aliphatic hydroxyl groups is 1. The molecule has 2 rings (SSSR count). The molecule has 21 heavy (non-hydrogen) atoms. The zero-order valence-corrected chi connectivity index (χ0v) is 13.6. The minimum Gasteiger partial charge on any atom is -0.389 e. The van der Waals surface area contributed by atoms with Gasteiger partial charge in [-0.3, -0.25) is 0 Å². The van der Waals surface area contributed by atoms with Crippen molar-refractivity contribution in [1.82, 2.24) is 0 Å². The molecule has 3 N–H and O–H groups in total. The predicted octanol–water partition coefficient (Wildman–Crippen LogP) is 4.86. The van der Waals surface area contributed by atoms with Crippen LogP contribution in [0.15, 0.2) is 42.5 Å². The standard InChI is InChI=1S/C15H14Cl2N2OS/c1-9(20)10-3-2-4-11(7-10)18-15(21)19-12-5-6-13(16)14(17)8-12/h2-9,20H,1H3,(H2,18,19,21)/t9-/m0/s1. The number of nitrogens with one attached hydrogen (secondary N) is 2. The van der Waals surface area contributed by atoms with E-state index in [9.17, 15) is 5.11 Å². The van der Waals surface area contributed by atoms with Crippen molar-refractivity contribution in [3.05, 3.63) is 58.1 Å². The van der Waals surface area contributed by atoms with Crippen molar-refractivity contribution in [3.63, 3.8) is 0 Å². The second kappa shape index (κ2) is 7.09. The van der Waals surface area contributed by atoms with E-state index in [0.29, 0.717) is 15.2 Å². The van der Waals surface area contributed by atoms with Gasteiger partial charge in [-0.2, -0.15) is 0 Å². The smallest absolute Gasteiger partial charge is 0.175 e.